The second-order valence-corrected chi connectivity index (χ2v) is 7.29. The van der Waals surface area contributed by atoms with E-state index >= 15 is 0 Å². The maximum absolute atomic E-state index is 13.2. The van der Waals surface area contributed by atoms with E-state index in [1.165, 1.54) is 6.07 Å². The molecule has 2 aromatic rings. The Labute approximate surface area is 168 Å². The quantitative estimate of drug-likeness (QED) is 0.575. The summed E-state index contributed by atoms with van der Waals surface area (Å²) in [6, 6.07) is 13.4. The van der Waals surface area contributed by atoms with Crippen molar-refractivity contribution in [1.29, 1.82) is 0 Å². The molecule has 0 bridgehead atoms. The summed E-state index contributed by atoms with van der Waals surface area (Å²) < 4.78 is 0. The number of nitrogens with one attached hydrogen (secondary N) is 1. The number of aryl methyl sites for hydroxylation is 1. The summed E-state index contributed by atoms with van der Waals surface area (Å²) in [6.07, 6.45) is 1.16. The molecule has 1 atom stereocenters. The van der Waals surface area contributed by atoms with Crippen molar-refractivity contribution >= 4 is 23.2 Å². The highest BCUT2D eigenvalue weighted by atomic mass is 16.6. The molecule has 0 saturated carbocycles. The van der Waals surface area contributed by atoms with Crippen LogP contribution >= 0.6 is 0 Å². The van der Waals surface area contributed by atoms with Gasteiger partial charge in [0.15, 0.2) is 0 Å². The van der Waals surface area contributed by atoms with Crippen LogP contribution in [0.2, 0.25) is 0 Å². The molecule has 1 aliphatic heterocycles. The standard InChI is InChI=1S/C21H24N4O4/c1-14-7-8-17(18(13-14)25(28)29)23-21(27)19(15-5-3-2-4-6-15)24-11-9-16(10-12-24)20(22)26/h2-8,13,16,19H,9-12H2,1H3,(H2,22,26)(H,23,27). The van der Waals surface area contributed by atoms with Crippen molar-refractivity contribution in [2.45, 2.75) is 25.8 Å². The molecular weight excluding hydrogens is 372 g/mol. The number of nitrogens with zero attached hydrogens (tertiary/aromatic N) is 2. The Bertz CT molecular complexity index is 908. The summed E-state index contributed by atoms with van der Waals surface area (Å²) in [7, 11) is 0. The van der Waals surface area contributed by atoms with E-state index in [9.17, 15) is 19.7 Å². The fourth-order valence-corrected chi connectivity index (χ4v) is 3.71. The van der Waals surface area contributed by atoms with Gasteiger partial charge < -0.3 is 11.1 Å². The maximum Gasteiger partial charge on any atom is 0.293 e. The first-order chi connectivity index (χ1) is 13.9. The van der Waals surface area contributed by atoms with Gasteiger partial charge >= 0.3 is 0 Å². The molecule has 8 nitrogen and oxygen atoms in total. The molecule has 1 fully saturated rings. The van der Waals surface area contributed by atoms with Crippen LogP contribution in [0.5, 0.6) is 0 Å². The van der Waals surface area contributed by atoms with Gasteiger partial charge in [-0.25, -0.2) is 0 Å². The van der Waals surface area contributed by atoms with Crippen molar-refractivity contribution in [3.05, 3.63) is 69.8 Å². The molecule has 1 aliphatic rings. The van der Waals surface area contributed by atoms with Gasteiger partial charge in [0, 0.05) is 12.0 Å². The minimum Gasteiger partial charge on any atom is -0.369 e. The maximum atomic E-state index is 13.2. The van der Waals surface area contributed by atoms with E-state index in [0.717, 1.165) is 11.1 Å². The fraction of sp³-hybridized carbons (Fsp3) is 0.333. The number of benzene rings is 2. The number of carbonyl (C=O) groups excluding carboxylic acids is 2. The van der Waals surface area contributed by atoms with Crippen LogP contribution < -0.4 is 11.1 Å². The highest BCUT2D eigenvalue weighted by molar-refractivity contribution is 5.97. The Morgan fingerprint density at radius 3 is 2.41 bits per heavy atom. The van der Waals surface area contributed by atoms with Crippen LogP contribution in [0.25, 0.3) is 0 Å². The number of amides is 2. The zero-order valence-corrected chi connectivity index (χ0v) is 16.2. The number of nitrogens with two attached hydrogens (primary N) is 1. The third kappa shape index (κ3) is 4.78. The lowest BCUT2D eigenvalue weighted by Gasteiger charge is -2.36. The normalized spacial score (nSPS) is 16.2. The molecule has 0 radical (unpaired) electrons. The molecule has 1 heterocycles. The van der Waals surface area contributed by atoms with E-state index in [1.54, 1.807) is 19.1 Å². The summed E-state index contributed by atoms with van der Waals surface area (Å²) in [5.41, 5.74) is 6.97. The van der Waals surface area contributed by atoms with Crippen LogP contribution in [0.15, 0.2) is 48.5 Å². The number of anilines is 1. The van der Waals surface area contributed by atoms with Gasteiger partial charge in [-0.2, -0.15) is 0 Å². The van der Waals surface area contributed by atoms with E-state index in [4.69, 9.17) is 5.73 Å². The first-order valence-corrected chi connectivity index (χ1v) is 9.51. The Morgan fingerprint density at radius 2 is 1.83 bits per heavy atom. The molecule has 3 N–H and O–H groups in total. The number of nitro benzene ring substituents is 1. The second kappa shape index (κ2) is 8.83. The topological polar surface area (TPSA) is 119 Å². The van der Waals surface area contributed by atoms with Crippen LogP contribution in [-0.2, 0) is 9.59 Å². The highest BCUT2D eigenvalue weighted by Crippen LogP contribution is 2.31. The summed E-state index contributed by atoms with van der Waals surface area (Å²) >= 11 is 0. The lowest BCUT2D eigenvalue weighted by molar-refractivity contribution is -0.384. The van der Waals surface area contributed by atoms with Gasteiger partial charge in [0.2, 0.25) is 11.8 Å². The number of carbonyl (C=O) groups is 2. The first-order valence-electron chi connectivity index (χ1n) is 9.51. The molecular formula is C21H24N4O4. The Hall–Kier alpha value is -3.26. The molecule has 3 rings (SSSR count). The van der Waals surface area contributed by atoms with Gasteiger partial charge in [-0.3, -0.25) is 24.6 Å². The fourth-order valence-electron chi connectivity index (χ4n) is 3.71. The SMILES string of the molecule is Cc1ccc(NC(=O)C(c2ccccc2)N2CCC(C(N)=O)CC2)c([N+](=O)[O-])c1. The lowest BCUT2D eigenvalue weighted by Crippen LogP contribution is -2.44. The molecule has 0 spiro atoms. The molecule has 2 amide bonds. The zero-order chi connectivity index (χ0) is 21.0. The number of nitro groups is 1. The minimum atomic E-state index is -0.620. The van der Waals surface area contributed by atoms with Gasteiger partial charge in [-0.05, 0) is 50.0 Å². The van der Waals surface area contributed by atoms with Crippen molar-refractivity contribution in [3.8, 4) is 0 Å². The van der Waals surface area contributed by atoms with Crippen molar-refractivity contribution in [2.75, 3.05) is 18.4 Å². The van der Waals surface area contributed by atoms with Crippen molar-refractivity contribution in [3.63, 3.8) is 0 Å². The molecule has 29 heavy (non-hydrogen) atoms. The van der Waals surface area contributed by atoms with Gasteiger partial charge in [-0.15, -0.1) is 0 Å². The summed E-state index contributed by atoms with van der Waals surface area (Å²) in [5.74, 6) is -0.856. The largest absolute Gasteiger partial charge is 0.369 e. The molecule has 0 aliphatic carbocycles. The van der Waals surface area contributed by atoms with Crippen LogP contribution in [0.3, 0.4) is 0 Å². The van der Waals surface area contributed by atoms with Crippen molar-refractivity contribution in [2.24, 2.45) is 11.7 Å². The summed E-state index contributed by atoms with van der Waals surface area (Å²) in [4.78, 5) is 37.6. The predicted molar refractivity (Wildman–Crippen MR) is 109 cm³/mol. The third-order valence-electron chi connectivity index (χ3n) is 5.27. The predicted octanol–water partition coefficient (Wildman–Crippen LogP) is 2.78. The van der Waals surface area contributed by atoms with Crippen molar-refractivity contribution < 1.29 is 14.5 Å². The van der Waals surface area contributed by atoms with Gasteiger partial charge in [0.1, 0.15) is 11.7 Å². The molecule has 2 aromatic carbocycles. The van der Waals surface area contributed by atoms with Gasteiger partial charge in [-0.1, -0.05) is 36.4 Å². The number of rotatable bonds is 6. The van der Waals surface area contributed by atoms with E-state index in [2.05, 4.69) is 5.32 Å². The molecule has 0 aromatic heterocycles. The first kappa shape index (κ1) is 20.5. The van der Waals surface area contributed by atoms with Gasteiger partial charge in [0.25, 0.3) is 5.69 Å². The minimum absolute atomic E-state index is 0.141. The third-order valence-corrected chi connectivity index (χ3v) is 5.27. The number of likely N-dealkylation sites (tertiary alicyclic amines) is 1. The smallest absolute Gasteiger partial charge is 0.293 e. The van der Waals surface area contributed by atoms with Crippen LogP contribution in [0.4, 0.5) is 11.4 Å². The van der Waals surface area contributed by atoms with E-state index in [0.29, 0.717) is 25.9 Å². The summed E-state index contributed by atoms with van der Waals surface area (Å²) in [5, 5.41) is 14.1. The van der Waals surface area contributed by atoms with E-state index in [-0.39, 0.29) is 29.1 Å². The molecule has 8 heteroatoms. The Morgan fingerprint density at radius 1 is 1.17 bits per heavy atom. The Balaban J connectivity index is 1.87. The lowest BCUT2D eigenvalue weighted by atomic mass is 9.93. The number of hydrogen-bond acceptors (Lipinski definition) is 5. The van der Waals surface area contributed by atoms with Crippen LogP contribution in [-0.4, -0.2) is 34.7 Å². The monoisotopic (exact) mass is 396 g/mol. The average molecular weight is 396 g/mol. The van der Waals surface area contributed by atoms with E-state index < -0.39 is 11.0 Å². The number of hydrogen-bond donors (Lipinski definition) is 2. The zero-order valence-electron chi connectivity index (χ0n) is 16.2. The van der Waals surface area contributed by atoms with Crippen molar-refractivity contribution in [1.82, 2.24) is 4.90 Å². The van der Waals surface area contributed by atoms with Crippen LogP contribution in [0.1, 0.15) is 30.0 Å². The Kier molecular flexibility index (Phi) is 6.23. The number of piperidine rings is 1. The summed E-state index contributed by atoms with van der Waals surface area (Å²) in [6.45, 7) is 2.83. The van der Waals surface area contributed by atoms with Crippen LogP contribution in [0, 0.1) is 23.0 Å². The van der Waals surface area contributed by atoms with Gasteiger partial charge in [0.05, 0.1) is 4.92 Å². The average Bonchev–Trinajstić information content (AvgIpc) is 2.70. The molecule has 1 unspecified atom stereocenters. The molecule has 152 valence electrons. The highest BCUT2D eigenvalue weighted by Gasteiger charge is 2.33. The second-order valence-electron chi connectivity index (χ2n) is 7.29. The van der Waals surface area contributed by atoms with E-state index in [1.807, 2.05) is 35.2 Å². The molecule has 1 saturated heterocycles. The number of primary amides is 1.